The fraction of sp³-hybridized carbons (Fsp3) is 0.0833. The molecule has 2 heterocycles. The Labute approximate surface area is 178 Å². The molecular weight excluding hydrogens is 400 g/mol. The van der Waals surface area contributed by atoms with E-state index in [4.69, 9.17) is 21.1 Å². The summed E-state index contributed by atoms with van der Waals surface area (Å²) in [5, 5.41) is 1.27. The molecule has 148 valence electrons. The van der Waals surface area contributed by atoms with Crippen LogP contribution in [0.25, 0.3) is 16.7 Å². The first-order valence-electron chi connectivity index (χ1n) is 9.26. The Bertz CT molecular complexity index is 1290. The lowest BCUT2D eigenvalue weighted by Gasteiger charge is -2.12. The van der Waals surface area contributed by atoms with Crippen LogP contribution >= 0.6 is 11.6 Å². The first-order chi connectivity index (χ1) is 14.7. The number of rotatable bonds is 5. The Morgan fingerprint density at radius 2 is 1.57 bits per heavy atom. The van der Waals surface area contributed by atoms with Gasteiger partial charge in [-0.2, -0.15) is 0 Å². The molecule has 0 fully saturated rings. The number of fused-ring (bicyclic) bond motifs is 1. The number of pyridine rings is 2. The molecule has 2 aromatic carbocycles. The van der Waals surface area contributed by atoms with Crippen LogP contribution in [0.5, 0.6) is 11.5 Å². The Hall–Kier alpha value is -3.75. The van der Waals surface area contributed by atoms with Gasteiger partial charge in [-0.15, -0.1) is 0 Å². The van der Waals surface area contributed by atoms with Crippen LogP contribution in [-0.2, 0) is 0 Å². The number of hydrogen-bond donors (Lipinski definition) is 0. The van der Waals surface area contributed by atoms with Gasteiger partial charge in [0, 0.05) is 12.3 Å². The summed E-state index contributed by atoms with van der Waals surface area (Å²) in [5.74, 6) is 6.78. The number of ether oxygens (including phenoxy) is 2. The predicted octanol–water partition coefficient (Wildman–Crippen LogP) is 4.50. The van der Waals surface area contributed by atoms with Crippen LogP contribution in [0.15, 0.2) is 83.8 Å². The minimum absolute atomic E-state index is 0.116. The minimum Gasteiger partial charge on any atom is -0.480 e. The second kappa shape index (κ2) is 9.17. The maximum Gasteiger partial charge on any atom is 0.260 e. The van der Waals surface area contributed by atoms with E-state index in [0.29, 0.717) is 22.2 Å². The van der Waals surface area contributed by atoms with E-state index in [1.54, 1.807) is 29.0 Å². The monoisotopic (exact) mass is 416 g/mol. The van der Waals surface area contributed by atoms with Crippen molar-refractivity contribution < 1.29 is 9.47 Å². The summed E-state index contributed by atoms with van der Waals surface area (Å²) < 4.78 is 12.8. The molecule has 0 aliphatic rings. The van der Waals surface area contributed by atoms with E-state index < -0.39 is 0 Å². The highest BCUT2D eigenvalue weighted by Crippen LogP contribution is 2.24. The van der Waals surface area contributed by atoms with Gasteiger partial charge in [-0.3, -0.25) is 9.36 Å². The Balaban J connectivity index is 1.51. The van der Waals surface area contributed by atoms with Crippen LogP contribution in [0.4, 0.5) is 0 Å². The lowest BCUT2D eigenvalue weighted by atomic mass is 10.2. The van der Waals surface area contributed by atoms with Gasteiger partial charge < -0.3 is 9.47 Å². The van der Waals surface area contributed by atoms with Crippen molar-refractivity contribution in [1.82, 2.24) is 9.55 Å². The highest BCUT2D eigenvalue weighted by Gasteiger charge is 2.11. The minimum atomic E-state index is -0.225. The molecule has 0 unspecified atom stereocenters. The molecule has 0 spiro atoms. The van der Waals surface area contributed by atoms with E-state index in [9.17, 15) is 4.79 Å². The summed E-state index contributed by atoms with van der Waals surface area (Å²) in [7, 11) is 0. The highest BCUT2D eigenvalue weighted by molar-refractivity contribution is 6.32. The van der Waals surface area contributed by atoms with E-state index in [-0.39, 0.29) is 18.8 Å². The Morgan fingerprint density at radius 1 is 0.867 bits per heavy atom. The summed E-state index contributed by atoms with van der Waals surface area (Å²) in [6.45, 7) is 0.301. The second-order valence-corrected chi connectivity index (χ2v) is 6.66. The van der Waals surface area contributed by atoms with Gasteiger partial charge in [0.25, 0.3) is 5.56 Å². The number of aromatic nitrogens is 2. The van der Waals surface area contributed by atoms with Crippen molar-refractivity contribution in [3.63, 3.8) is 0 Å². The third kappa shape index (κ3) is 4.29. The van der Waals surface area contributed by atoms with E-state index in [1.807, 2.05) is 48.5 Å². The lowest BCUT2D eigenvalue weighted by molar-refractivity contribution is 0.364. The SMILES string of the molecule is O=c1cc(OCC#CCOc2ccccc2Cl)c2cccnc2n1-c1ccccc1. The number of hydrogen-bond acceptors (Lipinski definition) is 4. The van der Waals surface area contributed by atoms with Gasteiger partial charge >= 0.3 is 0 Å². The normalized spacial score (nSPS) is 10.3. The van der Waals surface area contributed by atoms with E-state index in [1.165, 1.54) is 6.07 Å². The van der Waals surface area contributed by atoms with Gasteiger partial charge in [0.15, 0.2) is 5.65 Å². The zero-order valence-electron chi connectivity index (χ0n) is 15.9. The standard InChI is InChI=1S/C24H17ClN2O3/c25-20-12-4-5-13-21(20)29-15-6-7-16-30-22-17-23(28)27(18-9-2-1-3-10-18)24-19(22)11-8-14-26-24/h1-5,8-14,17H,15-16H2. The fourth-order valence-electron chi connectivity index (χ4n) is 2.96. The molecule has 0 aliphatic heterocycles. The molecule has 4 aromatic rings. The summed E-state index contributed by atoms with van der Waals surface area (Å²) >= 11 is 6.04. The fourth-order valence-corrected chi connectivity index (χ4v) is 3.15. The molecule has 30 heavy (non-hydrogen) atoms. The third-order valence-electron chi connectivity index (χ3n) is 4.31. The number of para-hydroxylation sites is 2. The van der Waals surface area contributed by atoms with Crippen LogP contribution in [0.1, 0.15) is 0 Å². The molecule has 0 aliphatic carbocycles. The molecule has 0 N–H and O–H groups in total. The van der Waals surface area contributed by atoms with Gasteiger partial charge in [0.05, 0.1) is 16.1 Å². The van der Waals surface area contributed by atoms with Gasteiger partial charge in [-0.05, 0) is 36.4 Å². The second-order valence-electron chi connectivity index (χ2n) is 6.25. The Morgan fingerprint density at radius 3 is 2.33 bits per heavy atom. The summed E-state index contributed by atoms with van der Waals surface area (Å²) in [6, 6.07) is 21.7. The molecular formula is C24H17ClN2O3. The predicted molar refractivity (Wildman–Crippen MR) is 118 cm³/mol. The van der Waals surface area contributed by atoms with Gasteiger partial charge in [0.1, 0.15) is 24.7 Å². The smallest absolute Gasteiger partial charge is 0.260 e. The average molecular weight is 417 g/mol. The lowest BCUT2D eigenvalue weighted by Crippen LogP contribution is -2.19. The molecule has 0 saturated carbocycles. The first kappa shape index (κ1) is 19.6. The van der Waals surface area contributed by atoms with Crippen molar-refractivity contribution in [2.45, 2.75) is 0 Å². The zero-order chi connectivity index (χ0) is 20.8. The topological polar surface area (TPSA) is 53.4 Å². The van der Waals surface area contributed by atoms with Gasteiger partial charge in [-0.1, -0.05) is 53.8 Å². The number of nitrogens with zero attached hydrogens (tertiary/aromatic N) is 2. The van der Waals surface area contributed by atoms with E-state index >= 15 is 0 Å². The molecule has 0 saturated heterocycles. The molecule has 5 nitrogen and oxygen atoms in total. The molecule has 4 rings (SSSR count). The van der Waals surface area contributed by atoms with Gasteiger partial charge in [-0.25, -0.2) is 4.98 Å². The van der Waals surface area contributed by atoms with Crippen LogP contribution in [-0.4, -0.2) is 22.8 Å². The summed E-state index contributed by atoms with van der Waals surface area (Å²) in [4.78, 5) is 17.1. The van der Waals surface area contributed by atoms with Crippen LogP contribution in [0, 0.1) is 11.8 Å². The van der Waals surface area contributed by atoms with Crippen molar-refractivity contribution in [3.05, 3.63) is 94.4 Å². The Kier molecular flexibility index (Phi) is 5.98. The maximum absolute atomic E-state index is 12.8. The molecule has 0 atom stereocenters. The summed E-state index contributed by atoms with van der Waals surface area (Å²) in [6.07, 6.45) is 1.65. The van der Waals surface area contributed by atoms with Crippen LogP contribution < -0.4 is 15.0 Å². The number of halogens is 1. The highest BCUT2D eigenvalue weighted by atomic mass is 35.5. The molecule has 6 heteroatoms. The third-order valence-corrected chi connectivity index (χ3v) is 4.63. The van der Waals surface area contributed by atoms with E-state index in [0.717, 1.165) is 11.1 Å². The average Bonchev–Trinajstić information content (AvgIpc) is 2.78. The molecule has 0 bridgehead atoms. The molecule has 2 aromatic heterocycles. The van der Waals surface area contributed by atoms with Crippen molar-refractivity contribution >= 4 is 22.6 Å². The van der Waals surface area contributed by atoms with Crippen LogP contribution in [0.3, 0.4) is 0 Å². The summed E-state index contributed by atoms with van der Waals surface area (Å²) in [5.41, 5.74) is 1.05. The van der Waals surface area contributed by atoms with E-state index in [2.05, 4.69) is 16.8 Å². The maximum atomic E-state index is 12.8. The van der Waals surface area contributed by atoms with Crippen molar-refractivity contribution in [2.75, 3.05) is 13.2 Å². The van der Waals surface area contributed by atoms with Crippen molar-refractivity contribution in [2.24, 2.45) is 0 Å². The molecule has 0 amide bonds. The number of benzene rings is 2. The largest absolute Gasteiger partial charge is 0.480 e. The van der Waals surface area contributed by atoms with Crippen molar-refractivity contribution in [1.29, 1.82) is 0 Å². The van der Waals surface area contributed by atoms with Crippen LogP contribution in [0.2, 0.25) is 5.02 Å². The first-order valence-corrected chi connectivity index (χ1v) is 9.64. The molecule has 0 radical (unpaired) electrons. The van der Waals surface area contributed by atoms with Crippen molar-refractivity contribution in [3.8, 4) is 29.0 Å². The van der Waals surface area contributed by atoms with Gasteiger partial charge in [0.2, 0.25) is 0 Å². The quantitative estimate of drug-likeness (QED) is 0.449. The zero-order valence-corrected chi connectivity index (χ0v) is 16.7.